The molecule has 1 aromatic carbocycles. The Morgan fingerprint density at radius 3 is 2.72 bits per heavy atom. The van der Waals surface area contributed by atoms with E-state index in [4.69, 9.17) is 32.7 Å². The summed E-state index contributed by atoms with van der Waals surface area (Å²) >= 11 is 14.6. The monoisotopic (exact) mass is 611 g/mol. The van der Waals surface area contributed by atoms with Gasteiger partial charge in [-0.2, -0.15) is 0 Å². The molecular weight excluding hydrogens is 585 g/mol. The molecule has 2 heterocycles. The standard InChI is InChI=1S/C25H27Cl2N5O5S2/c1-3-36-24(35)22-15-6-4-5-7-18(15)39-23(22)29-21(34)13-38-25-31-30-19(32(25)2)11-28-20(33)12-37-17-9-8-14(26)10-16(17)27/h8-10H,3-7,11-13H2,1-2H3,(H,28,33)(H,29,34). The minimum absolute atomic E-state index is 0.0683. The molecule has 0 aliphatic heterocycles. The zero-order valence-electron chi connectivity index (χ0n) is 21.3. The molecule has 0 bridgehead atoms. The Kier molecular flexibility index (Phi) is 10.1. The van der Waals surface area contributed by atoms with Crippen molar-refractivity contribution in [3.63, 3.8) is 0 Å². The molecule has 1 aliphatic rings. The molecule has 0 atom stereocenters. The van der Waals surface area contributed by atoms with Crippen molar-refractivity contribution >= 4 is 69.1 Å². The summed E-state index contributed by atoms with van der Waals surface area (Å²) < 4.78 is 12.4. The number of rotatable bonds is 11. The Bertz CT molecular complexity index is 1380. The number of esters is 1. The van der Waals surface area contributed by atoms with Crippen LogP contribution in [0.3, 0.4) is 0 Å². The van der Waals surface area contributed by atoms with E-state index in [9.17, 15) is 14.4 Å². The number of hydrogen-bond donors (Lipinski definition) is 2. The van der Waals surface area contributed by atoms with E-state index >= 15 is 0 Å². The lowest BCUT2D eigenvalue weighted by Gasteiger charge is -2.12. The SMILES string of the molecule is CCOC(=O)c1c(NC(=O)CSc2nnc(CNC(=O)COc3ccc(Cl)cc3Cl)n2C)sc2c1CCCC2. The first kappa shape index (κ1) is 29.2. The molecule has 10 nitrogen and oxygen atoms in total. The van der Waals surface area contributed by atoms with E-state index < -0.39 is 5.97 Å². The summed E-state index contributed by atoms with van der Waals surface area (Å²) in [5, 5.41) is 15.7. The maximum Gasteiger partial charge on any atom is 0.341 e. The van der Waals surface area contributed by atoms with Crippen LogP contribution in [0.4, 0.5) is 5.00 Å². The van der Waals surface area contributed by atoms with E-state index in [1.165, 1.54) is 29.2 Å². The van der Waals surface area contributed by atoms with Gasteiger partial charge in [0.2, 0.25) is 5.91 Å². The van der Waals surface area contributed by atoms with E-state index in [1.54, 1.807) is 30.7 Å². The van der Waals surface area contributed by atoms with Crippen LogP contribution in [0.15, 0.2) is 23.4 Å². The first-order chi connectivity index (χ1) is 18.8. The number of carbonyl (C=O) groups excluding carboxylic acids is 3. The van der Waals surface area contributed by atoms with Gasteiger partial charge in [-0.15, -0.1) is 21.5 Å². The maximum absolute atomic E-state index is 12.8. The number of halogens is 2. The third kappa shape index (κ3) is 7.44. The minimum Gasteiger partial charge on any atom is -0.482 e. The smallest absolute Gasteiger partial charge is 0.341 e. The number of ether oxygens (including phenoxy) is 2. The van der Waals surface area contributed by atoms with Gasteiger partial charge in [-0.1, -0.05) is 35.0 Å². The lowest BCUT2D eigenvalue weighted by atomic mass is 9.95. The fraction of sp³-hybridized carbons (Fsp3) is 0.400. The molecule has 0 saturated carbocycles. The van der Waals surface area contributed by atoms with Crippen molar-refractivity contribution in [2.75, 3.05) is 24.3 Å². The van der Waals surface area contributed by atoms with Gasteiger partial charge in [0.15, 0.2) is 17.6 Å². The summed E-state index contributed by atoms with van der Waals surface area (Å²) in [6.07, 6.45) is 3.79. The molecule has 0 spiro atoms. The predicted molar refractivity (Wildman–Crippen MR) is 151 cm³/mol. The maximum atomic E-state index is 12.8. The molecule has 2 amide bonds. The number of carbonyl (C=O) groups is 3. The Morgan fingerprint density at radius 2 is 1.95 bits per heavy atom. The van der Waals surface area contributed by atoms with Gasteiger partial charge < -0.3 is 24.7 Å². The topological polar surface area (TPSA) is 124 Å². The fourth-order valence-electron chi connectivity index (χ4n) is 3.95. The number of benzene rings is 1. The highest BCUT2D eigenvalue weighted by atomic mass is 35.5. The minimum atomic E-state index is -0.401. The summed E-state index contributed by atoms with van der Waals surface area (Å²) in [7, 11) is 1.75. The molecule has 39 heavy (non-hydrogen) atoms. The van der Waals surface area contributed by atoms with E-state index in [0.29, 0.717) is 37.3 Å². The molecule has 208 valence electrons. The number of nitrogens with one attached hydrogen (secondary N) is 2. The number of fused-ring (bicyclic) bond motifs is 1. The molecule has 3 aromatic rings. The normalized spacial score (nSPS) is 12.5. The van der Waals surface area contributed by atoms with Crippen LogP contribution in [0.5, 0.6) is 5.75 Å². The van der Waals surface area contributed by atoms with Crippen molar-refractivity contribution in [2.24, 2.45) is 7.05 Å². The van der Waals surface area contributed by atoms with Crippen molar-refractivity contribution in [1.82, 2.24) is 20.1 Å². The van der Waals surface area contributed by atoms with Gasteiger partial charge >= 0.3 is 5.97 Å². The number of anilines is 1. The highest BCUT2D eigenvalue weighted by Gasteiger charge is 2.27. The number of thioether (sulfide) groups is 1. The summed E-state index contributed by atoms with van der Waals surface area (Å²) in [5.74, 6) is -0.107. The van der Waals surface area contributed by atoms with Gasteiger partial charge in [0.05, 0.1) is 29.5 Å². The quantitative estimate of drug-likeness (QED) is 0.237. The number of aryl methyl sites for hydroxylation is 1. The van der Waals surface area contributed by atoms with Crippen LogP contribution >= 0.6 is 46.3 Å². The van der Waals surface area contributed by atoms with Crippen molar-refractivity contribution < 1.29 is 23.9 Å². The average molecular weight is 613 g/mol. The zero-order valence-corrected chi connectivity index (χ0v) is 24.5. The van der Waals surface area contributed by atoms with E-state index in [2.05, 4.69) is 20.8 Å². The second kappa shape index (κ2) is 13.5. The summed E-state index contributed by atoms with van der Waals surface area (Å²) in [6.45, 7) is 1.92. The molecule has 14 heteroatoms. The Morgan fingerprint density at radius 1 is 1.15 bits per heavy atom. The summed E-state index contributed by atoms with van der Waals surface area (Å²) in [4.78, 5) is 38.7. The second-order valence-electron chi connectivity index (χ2n) is 8.57. The van der Waals surface area contributed by atoms with Gasteiger partial charge in [0, 0.05) is 16.9 Å². The molecule has 0 fully saturated rings. The highest BCUT2D eigenvalue weighted by molar-refractivity contribution is 7.99. The molecule has 0 radical (unpaired) electrons. The predicted octanol–water partition coefficient (Wildman–Crippen LogP) is 4.66. The third-order valence-electron chi connectivity index (χ3n) is 5.86. The van der Waals surface area contributed by atoms with E-state index in [1.807, 2.05) is 0 Å². The van der Waals surface area contributed by atoms with Crippen LogP contribution in [0, 0.1) is 0 Å². The zero-order chi connectivity index (χ0) is 27.9. The van der Waals surface area contributed by atoms with Crippen LogP contribution in [-0.4, -0.2) is 51.5 Å². The van der Waals surface area contributed by atoms with E-state index in [0.717, 1.165) is 36.1 Å². The van der Waals surface area contributed by atoms with Crippen molar-refractivity contribution in [2.45, 2.75) is 44.3 Å². The molecule has 2 aromatic heterocycles. The van der Waals surface area contributed by atoms with Crippen LogP contribution in [0.2, 0.25) is 10.0 Å². The van der Waals surface area contributed by atoms with Crippen molar-refractivity contribution in [3.8, 4) is 5.75 Å². The Labute approximate surface area is 243 Å². The van der Waals surface area contributed by atoms with Crippen LogP contribution in [-0.2, 0) is 40.8 Å². The molecule has 2 N–H and O–H groups in total. The first-order valence-corrected chi connectivity index (χ1v) is 14.8. The molecule has 0 saturated heterocycles. The third-order valence-corrected chi connectivity index (χ3v) is 8.62. The second-order valence-corrected chi connectivity index (χ2v) is 11.5. The van der Waals surface area contributed by atoms with Crippen LogP contribution in [0.25, 0.3) is 0 Å². The number of amides is 2. The summed E-state index contributed by atoms with van der Waals surface area (Å²) in [6, 6.07) is 4.74. The lowest BCUT2D eigenvalue weighted by molar-refractivity contribution is -0.123. The van der Waals surface area contributed by atoms with Gasteiger partial charge in [-0.3, -0.25) is 9.59 Å². The number of nitrogens with zero attached hydrogens (tertiary/aromatic N) is 3. The van der Waals surface area contributed by atoms with Gasteiger partial charge in [0.1, 0.15) is 10.8 Å². The van der Waals surface area contributed by atoms with Gasteiger partial charge in [-0.05, 0) is 56.4 Å². The summed E-state index contributed by atoms with van der Waals surface area (Å²) in [5.41, 5.74) is 1.48. The molecule has 1 aliphatic carbocycles. The molecule has 0 unspecified atom stereocenters. The number of hydrogen-bond acceptors (Lipinski definition) is 9. The highest BCUT2D eigenvalue weighted by Crippen LogP contribution is 2.38. The molecule has 4 rings (SSSR count). The van der Waals surface area contributed by atoms with Crippen LogP contribution < -0.4 is 15.4 Å². The lowest BCUT2D eigenvalue weighted by Crippen LogP contribution is -2.29. The fourth-order valence-corrected chi connectivity index (χ4v) is 6.44. The van der Waals surface area contributed by atoms with Crippen LogP contribution in [0.1, 0.15) is 46.4 Å². The largest absolute Gasteiger partial charge is 0.482 e. The Hall–Kier alpha value is -2.80. The van der Waals surface area contributed by atoms with Gasteiger partial charge in [0.25, 0.3) is 5.91 Å². The first-order valence-electron chi connectivity index (χ1n) is 12.2. The van der Waals surface area contributed by atoms with Crippen molar-refractivity contribution in [1.29, 1.82) is 0 Å². The number of thiophene rings is 1. The average Bonchev–Trinajstić information content (AvgIpc) is 3.45. The van der Waals surface area contributed by atoms with Gasteiger partial charge in [-0.25, -0.2) is 4.79 Å². The molecular formula is C25H27Cl2N5O5S2. The Balaban J connectivity index is 1.29. The number of aromatic nitrogens is 3. The van der Waals surface area contributed by atoms with Crippen molar-refractivity contribution in [3.05, 3.63) is 50.1 Å². The van der Waals surface area contributed by atoms with E-state index in [-0.39, 0.29) is 37.3 Å².